The van der Waals surface area contributed by atoms with Crippen LogP contribution in [0.5, 0.6) is 5.75 Å². The second-order valence-corrected chi connectivity index (χ2v) is 6.80. The number of ether oxygens (including phenoxy) is 1. The van der Waals surface area contributed by atoms with E-state index in [1.807, 2.05) is 42.7 Å². The van der Waals surface area contributed by atoms with E-state index in [0.29, 0.717) is 16.7 Å². The Morgan fingerprint density at radius 2 is 1.93 bits per heavy atom. The topological polar surface area (TPSA) is 69.0 Å². The fourth-order valence-electron chi connectivity index (χ4n) is 2.51. The van der Waals surface area contributed by atoms with Crippen LogP contribution in [-0.2, 0) is 4.79 Å². The number of halogens is 1. The second kappa shape index (κ2) is 8.22. The molecule has 0 unspecified atom stereocenters. The van der Waals surface area contributed by atoms with Crippen molar-refractivity contribution in [2.75, 3.05) is 18.2 Å². The van der Waals surface area contributed by atoms with Crippen molar-refractivity contribution in [3.63, 3.8) is 0 Å². The van der Waals surface area contributed by atoms with Crippen molar-refractivity contribution in [2.45, 2.75) is 19.0 Å². The van der Waals surface area contributed by atoms with E-state index in [1.165, 1.54) is 23.9 Å². The van der Waals surface area contributed by atoms with E-state index in [-0.39, 0.29) is 11.7 Å². The highest BCUT2D eigenvalue weighted by atomic mass is 32.2. The third-order valence-corrected chi connectivity index (χ3v) is 4.86. The van der Waals surface area contributed by atoms with Crippen molar-refractivity contribution in [3.05, 3.63) is 59.7 Å². The van der Waals surface area contributed by atoms with Gasteiger partial charge in [-0.2, -0.15) is 0 Å². The predicted molar refractivity (Wildman–Crippen MR) is 103 cm³/mol. The summed E-state index contributed by atoms with van der Waals surface area (Å²) in [5, 5.41) is 11.6. The summed E-state index contributed by atoms with van der Waals surface area (Å²) in [4.78, 5) is 12.3. The first-order valence-corrected chi connectivity index (χ1v) is 9.21. The van der Waals surface area contributed by atoms with E-state index in [9.17, 15) is 9.18 Å². The number of carbonyl (C=O) groups excluding carboxylic acids is 1. The average molecular weight is 386 g/mol. The zero-order chi connectivity index (χ0) is 19.4. The maximum absolute atomic E-state index is 13.4. The van der Waals surface area contributed by atoms with Crippen LogP contribution in [-0.4, -0.2) is 33.5 Å². The Morgan fingerprint density at radius 1 is 1.19 bits per heavy atom. The molecule has 1 N–H and O–H groups in total. The lowest BCUT2D eigenvalue weighted by Gasteiger charge is -2.10. The van der Waals surface area contributed by atoms with Gasteiger partial charge in [0.2, 0.25) is 5.91 Å². The van der Waals surface area contributed by atoms with Gasteiger partial charge in [-0.3, -0.25) is 9.36 Å². The van der Waals surface area contributed by atoms with Crippen LogP contribution in [0.1, 0.15) is 11.4 Å². The lowest BCUT2D eigenvalue weighted by atomic mass is 10.2. The molecule has 0 fully saturated rings. The van der Waals surface area contributed by atoms with Crippen molar-refractivity contribution < 1.29 is 13.9 Å². The summed E-state index contributed by atoms with van der Waals surface area (Å²) < 4.78 is 20.4. The molecule has 27 heavy (non-hydrogen) atoms. The van der Waals surface area contributed by atoms with Gasteiger partial charge in [-0.05, 0) is 55.8 Å². The summed E-state index contributed by atoms with van der Waals surface area (Å²) in [7, 11) is 1.61. The van der Waals surface area contributed by atoms with Gasteiger partial charge in [0.15, 0.2) is 5.16 Å². The Bertz CT molecular complexity index is 957. The fourth-order valence-corrected chi connectivity index (χ4v) is 3.31. The van der Waals surface area contributed by atoms with Gasteiger partial charge in [0.05, 0.1) is 12.9 Å². The lowest BCUT2D eigenvalue weighted by Crippen LogP contribution is -2.15. The van der Waals surface area contributed by atoms with E-state index in [4.69, 9.17) is 4.74 Å². The van der Waals surface area contributed by atoms with Gasteiger partial charge in [0, 0.05) is 11.4 Å². The van der Waals surface area contributed by atoms with Gasteiger partial charge >= 0.3 is 0 Å². The number of hydrogen-bond acceptors (Lipinski definition) is 5. The number of methoxy groups -OCH3 is 1. The molecule has 0 saturated heterocycles. The third kappa shape index (κ3) is 4.46. The maximum atomic E-state index is 13.4. The number of aromatic nitrogens is 3. The van der Waals surface area contributed by atoms with Crippen LogP contribution in [0.15, 0.2) is 47.6 Å². The van der Waals surface area contributed by atoms with E-state index in [0.717, 1.165) is 17.0 Å². The van der Waals surface area contributed by atoms with Gasteiger partial charge in [-0.15, -0.1) is 10.2 Å². The van der Waals surface area contributed by atoms with E-state index >= 15 is 0 Å². The Kier molecular flexibility index (Phi) is 5.75. The van der Waals surface area contributed by atoms with E-state index < -0.39 is 5.82 Å². The molecule has 0 aliphatic carbocycles. The van der Waals surface area contributed by atoms with Gasteiger partial charge in [0.25, 0.3) is 0 Å². The molecule has 3 rings (SSSR count). The number of benzene rings is 2. The van der Waals surface area contributed by atoms with Gasteiger partial charge in [-0.1, -0.05) is 17.8 Å². The number of nitrogens with zero attached hydrogens (tertiary/aromatic N) is 3. The molecule has 6 nitrogen and oxygen atoms in total. The van der Waals surface area contributed by atoms with Crippen molar-refractivity contribution in [1.82, 2.24) is 14.8 Å². The lowest BCUT2D eigenvalue weighted by molar-refractivity contribution is -0.113. The molecular formula is C19H19FN4O2S. The van der Waals surface area contributed by atoms with Crippen molar-refractivity contribution in [2.24, 2.45) is 0 Å². The Labute approximate surface area is 160 Å². The number of carbonyl (C=O) groups is 1. The molecule has 0 saturated carbocycles. The van der Waals surface area contributed by atoms with Crippen LogP contribution in [0.2, 0.25) is 0 Å². The Hall–Kier alpha value is -2.87. The third-order valence-electron chi connectivity index (χ3n) is 3.93. The highest BCUT2D eigenvalue weighted by Gasteiger charge is 2.14. The number of amides is 1. The number of anilines is 1. The molecule has 1 amide bonds. The summed E-state index contributed by atoms with van der Waals surface area (Å²) in [6, 6.07) is 11.8. The van der Waals surface area contributed by atoms with Crippen LogP contribution in [0.3, 0.4) is 0 Å². The molecule has 2 aromatic carbocycles. The summed E-state index contributed by atoms with van der Waals surface area (Å²) >= 11 is 1.26. The minimum atomic E-state index is -0.390. The summed E-state index contributed by atoms with van der Waals surface area (Å²) in [6.07, 6.45) is 0. The molecule has 1 aromatic heterocycles. The van der Waals surface area contributed by atoms with Crippen LogP contribution in [0.25, 0.3) is 5.69 Å². The van der Waals surface area contributed by atoms with Crippen LogP contribution < -0.4 is 10.1 Å². The van der Waals surface area contributed by atoms with E-state index in [1.54, 1.807) is 13.2 Å². The first-order chi connectivity index (χ1) is 13.0. The molecule has 0 bridgehead atoms. The average Bonchev–Trinajstić information content (AvgIpc) is 3.03. The molecular weight excluding hydrogens is 367 g/mol. The van der Waals surface area contributed by atoms with Gasteiger partial charge in [0.1, 0.15) is 17.4 Å². The number of thioether (sulfide) groups is 1. The number of aryl methyl sites for hydroxylation is 2. The van der Waals surface area contributed by atoms with Crippen molar-refractivity contribution in [1.29, 1.82) is 0 Å². The maximum Gasteiger partial charge on any atom is 0.234 e. The number of rotatable bonds is 6. The molecule has 0 aliphatic heterocycles. The smallest absolute Gasteiger partial charge is 0.234 e. The Balaban J connectivity index is 1.71. The number of nitrogens with one attached hydrogen (secondary N) is 1. The van der Waals surface area contributed by atoms with Crippen LogP contribution >= 0.6 is 11.8 Å². The number of hydrogen-bond donors (Lipinski definition) is 1. The highest BCUT2D eigenvalue weighted by molar-refractivity contribution is 7.99. The van der Waals surface area contributed by atoms with Crippen molar-refractivity contribution in [3.8, 4) is 11.4 Å². The minimum Gasteiger partial charge on any atom is -0.497 e. The zero-order valence-electron chi connectivity index (χ0n) is 15.2. The largest absolute Gasteiger partial charge is 0.497 e. The second-order valence-electron chi connectivity index (χ2n) is 5.86. The summed E-state index contributed by atoms with van der Waals surface area (Å²) in [5.41, 5.74) is 2.14. The van der Waals surface area contributed by atoms with Gasteiger partial charge < -0.3 is 10.1 Å². The van der Waals surface area contributed by atoms with Crippen molar-refractivity contribution >= 4 is 23.4 Å². The molecule has 3 aromatic rings. The highest BCUT2D eigenvalue weighted by Crippen LogP contribution is 2.24. The molecule has 0 radical (unpaired) electrons. The molecule has 0 aliphatic rings. The van der Waals surface area contributed by atoms with Crippen LogP contribution in [0.4, 0.5) is 10.1 Å². The Morgan fingerprint density at radius 3 is 2.63 bits per heavy atom. The quantitative estimate of drug-likeness (QED) is 0.653. The molecule has 8 heteroatoms. The molecule has 140 valence electrons. The SMILES string of the molecule is COc1ccc(-n2c(C)nnc2SCC(=O)Nc2cc(F)ccc2C)cc1. The minimum absolute atomic E-state index is 0.129. The molecule has 1 heterocycles. The standard InChI is InChI=1S/C19H19FN4O2S/c1-12-4-5-14(20)10-17(12)21-18(25)11-27-19-23-22-13(2)24(19)15-6-8-16(26-3)9-7-15/h4-10H,11H2,1-3H3,(H,21,25). The first-order valence-electron chi connectivity index (χ1n) is 8.23. The molecule has 0 atom stereocenters. The predicted octanol–water partition coefficient (Wildman–Crippen LogP) is 3.76. The first kappa shape index (κ1) is 18.9. The molecule has 0 spiro atoms. The summed E-state index contributed by atoms with van der Waals surface area (Å²) in [6.45, 7) is 3.66. The monoisotopic (exact) mass is 386 g/mol. The zero-order valence-corrected chi connectivity index (χ0v) is 16.0. The normalized spacial score (nSPS) is 10.7. The van der Waals surface area contributed by atoms with Gasteiger partial charge in [-0.25, -0.2) is 4.39 Å². The fraction of sp³-hybridized carbons (Fsp3) is 0.211. The summed E-state index contributed by atoms with van der Waals surface area (Å²) in [5.74, 6) is 0.964. The van der Waals surface area contributed by atoms with Crippen LogP contribution in [0, 0.1) is 19.7 Å². The van der Waals surface area contributed by atoms with E-state index in [2.05, 4.69) is 15.5 Å².